The van der Waals surface area contributed by atoms with E-state index in [1.165, 1.54) is 0 Å². The van der Waals surface area contributed by atoms with Gasteiger partial charge < -0.3 is 30.6 Å². The highest BCUT2D eigenvalue weighted by molar-refractivity contribution is 5.83. The molecule has 4 bridgehead atoms. The first kappa shape index (κ1) is 49.0. The zero-order chi connectivity index (χ0) is 44.0. The molecule has 4 aliphatic carbocycles. The molecule has 0 aromatic carbocycles. The first-order valence-corrected chi connectivity index (χ1v) is 11.7. The van der Waals surface area contributed by atoms with E-state index in [4.69, 9.17) is 30.6 Å². The van der Waals surface area contributed by atoms with E-state index < -0.39 is 111 Å². The summed E-state index contributed by atoms with van der Waals surface area (Å²) in [4.78, 5) is 27.7. The Balaban J connectivity index is 0.00000123. The van der Waals surface area contributed by atoms with Crippen LogP contribution in [0.25, 0.3) is 0 Å². The Morgan fingerprint density at radius 3 is 0.566 bits per heavy atom. The summed E-state index contributed by atoms with van der Waals surface area (Å²) in [6, 6.07) is 0. The third-order valence-corrected chi connectivity index (χ3v) is 7.59. The van der Waals surface area contributed by atoms with Crippen molar-refractivity contribution in [2.75, 3.05) is 0 Å². The van der Waals surface area contributed by atoms with E-state index >= 15 is 0 Å². The Kier molecular flexibility index (Phi) is 11.6. The molecule has 0 unspecified atom stereocenters. The molecule has 0 spiro atoms. The maximum Gasteiger partial charge on any atom is 0.376 e. The third kappa shape index (κ3) is 4.96. The van der Waals surface area contributed by atoms with Gasteiger partial charge in [-0.15, -0.1) is 0 Å². The van der Waals surface area contributed by atoms with Crippen LogP contribution in [0.5, 0.6) is 0 Å². The number of rotatable bonds is 6. The normalized spacial score (nSPS) is 31.9. The van der Waals surface area contributed by atoms with Gasteiger partial charge in [-0.05, 0) is 0 Å². The van der Waals surface area contributed by atoms with Crippen molar-refractivity contribution in [2.24, 2.45) is 16.2 Å². The van der Waals surface area contributed by atoms with Crippen molar-refractivity contribution >= 4 is 17.9 Å². The van der Waals surface area contributed by atoms with Crippen LogP contribution in [0, 0.1) is 16.2 Å². The van der Waals surface area contributed by atoms with Crippen LogP contribution in [0.3, 0.4) is 0 Å². The summed E-state index contributed by atoms with van der Waals surface area (Å²) < 4.78 is 307. The highest BCUT2D eigenvalue weighted by atomic mass is 19.3. The number of hydrogen-bond acceptors (Lipinski definition) is 6. The Labute approximate surface area is 273 Å². The largest absolute Gasteiger partial charge is 0.476 e. The molecular formula is C22H12F22O9. The van der Waals surface area contributed by atoms with Gasteiger partial charge in [-0.2, -0.15) is 39.5 Å². The summed E-state index contributed by atoms with van der Waals surface area (Å²) in [7, 11) is 0. The fraction of sp³-hybridized carbons (Fsp3) is 0.591. The summed E-state index contributed by atoms with van der Waals surface area (Å²) >= 11 is 0. The molecule has 0 radical (unpaired) electrons. The number of aliphatic carboxylic acids is 3. The Morgan fingerprint density at radius 2 is 0.491 bits per heavy atom. The number of carboxylic acid groups (broad SMARTS) is 3. The summed E-state index contributed by atoms with van der Waals surface area (Å²) in [5.74, 6) is -61.9. The molecule has 308 valence electrons. The predicted octanol–water partition coefficient (Wildman–Crippen LogP) is 5.92. The number of aliphatic hydroxyl groups is 3. The molecule has 6 N–H and O–H groups in total. The maximum atomic E-state index is 15.0. The van der Waals surface area contributed by atoms with E-state index in [1.54, 1.807) is 0 Å². The van der Waals surface area contributed by atoms with Crippen molar-refractivity contribution < 1.29 is 142 Å². The van der Waals surface area contributed by atoms with Gasteiger partial charge in [0.15, 0.2) is 0 Å². The monoisotopic (exact) mass is 838 g/mol. The van der Waals surface area contributed by atoms with Crippen molar-refractivity contribution in [2.45, 2.75) is 59.5 Å². The van der Waals surface area contributed by atoms with E-state index in [0.29, 0.717) is 0 Å². The fourth-order valence-corrected chi connectivity index (χ4v) is 5.68. The molecule has 0 aromatic rings. The van der Waals surface area contributed by atoms with Gasteiger partial charge in [-0.1, -0.05) is 19.7 Å². The van der Waals surface area contributed by atoms with Gasteiger partial charge >= 0.3 is 59.7 Å². The molecule has 31 heteroatoms. The molecule has 0 heterocycles. The Bertz CT molecular complexity index is 1320. The summed E-state index contributed by atoms with van der Waals surface area (Å²) in [5, 5.41) is 47.9. The maximum absolute atomic E-state index is 15.0. The number of alkyl halides is 19. The minimum atomic E-state index is -8.93. The molecule has 0 aliphatic heterocycles. The van der Waals surface area contributed by atoms with Crippen LogP contribution in [0.4, 0.5) is 96.6 Å². The van der Waals surface area contributed by atoms with Crippen LogP contribution in [0.2, 0.25) is 0 Å². The third-order valence-electron chi connectivity index (χ3n) is 7.59. The first-order valence-electron chi connectivity index (χ1n) is 11.7. The number of halogens is 22. The van der Waals surface area contributed by atoms with Gasteiger partial charge in [0.2, 0.25) is 17.5 Å². The van der Waals surface area contributed by atoms with Crippen LogP contribution >= 0.6 is 0 Å². The van der Waals surface area contributed by atoms with Crippen molar-refractivity contribution in [1.29, 1.82) is 0 Å². The Hall–Kier alpha value is -4.03. The molecule has 0 aromatic heterocycles. The second-order valence-corrected chi connectivity index (χ2v) is 10.1. The highest BCUT2D eigenvalue weighted by Gasteiger charge is 3.27. The molecular weight excluding hydrogens is 826 g/mol. The Morgan fingerprint density at radius 1 is 0.377 bits per heavy atom. The molecule has 9 nitrogen and oxygen atoms in total. The van der Waals surface area contributed by atoms with Crippen molar-refractivity contribution in [1.82, 2.24) is 0 Å². The van der Waals surface area contributed by atoms with Crippen molar-refractivity contribution in [3.8, 4) is 0 Å². The standard InChI is InChI=1S/C13H3F19O3.3C3H3FO2/c14-4-8(21,22)1(11(27,28)33)5(15,16)2(9(4,23)24,12(29,30)34)7(19,20)3(6(1,17)18,10(4,25)26)13(31,32)35;3*1-2(4)3(5)6/h33-35H;3*1H2,(H,5,6). The van der Waals surface area contributed by atoms with Crippen LogP contribution in [0.15, 0.2) is 37.2 Å². The molecule has 53 heavy (non-hydrogen) atoms. The van der Waals surface area contributed by atoms with Crippen LogP contribution in [-0.2, 0) is 14.4 Å². The van der Waals surface area contributed by atoms with Gasteiger partial charge in [-0.25, -0.2) is 71.5 Å². The van der Waals surface area contributed by atoms with E-state index in [2.05, 4.69) is 19.7 Å². The van der Waals surface area contributed by atoms with Crippen LogP contribution in [0.1, 0.15) is 0 Å². The summed E-state index contributed by atoms with van der Waals surface area (Å²) in [6.45, 7) is 7.47. The van der Waals surface area contributed by atoms with E-state index in [-0.39, 0.29) is 0 Å². The molecule has 4 rings (SSSR count). The minimum Gasteiger partial charge on any atom is -0.476 e. The molecule has 0 amide bonds. The quantitative estimate of drug-likeness (QED) is 0.140. The lowest BCUT2D eigenvalue weighted by molar-refractivity contribution is -0.688. The van der Waals surface area contributed by atoms with Gasteiger partial charge in [0, 0.05) is 0 Å². The second kappa shape index (κ2) is 12.5. The zero-order valence-electron chi connectivity index (χ0n) is 23.8. The number of carbonyl (C=O) groups is 3. The lowest BCUT2D eigenvalue weighted by Crippen LogP contribution is -3.09. The number of hydrogen-bond donors (Lipinski definition) is 6. The summed E-state index contributed by atoms with van der Waals surface area (Å²) in [5.41, 5.74) is -35.1. The first-order chi connectivity index (χ1) is 22.7. The highest BCUT2D eigenvalue weighted by Crippen LogP contribution is 2.98. The molecule has 0 atom stereocenters. The van der Waals surface area contributed by atoms with Gasteiger partial charge in [-0.3, -0.25) is 0 Å². The van der Waals surface area contributed by atoms with Gasteiger partial charge in [0.05, 0.1) is 0 Å². The van der Waals surface area contributed by atoms with Crippen LogP contribution in [-0.4, -0.2) is 108 Å². The van der Waals surface area contributed by atoms with Crippen molar-refractivity contribution in [3.05, 3.63) is 37.2 Å². The van der Waals surface area contributed by atoms with E-state index in [9.17, 15) is 111 Å². The molecule has 4 aliphatic rings. The lowest BCUT2D eigenvalue weighted by atomic mass is 9.28. The van der Waals surface area contributed by atoms with Crippen molar-refractivity contribution in [3.63, 3.8) is 0 Å². The SMILES string of the molecule is C=C(F)C(=O)O.C=C(F)C(=O)O.C=C(F)C(=O)O.OC(F)(F)C12C(F)(F)C3(F)C(F)(F)C(C(O)(F)F)(C1(F)F)C(F)(F)C(C(O)(F)F)(C3(F)F)C2(F)F. The summed E-state index contributed by atoms with van der Waals surface area (Å²) in [6.07, 6.45) is -24.8. The smallest absolute Gasteiger partial charge is 0.376 e. The predicted molar refractivity (Wildman–Crippen MR) is 116 cm³/mol. The molecule has 4 fully saturated rings. The second-order valence-electron chi connectivity index (χ2n) is 10.1. The average Bonchev–Trinajstić information content (AvgIpc) is 2.83. The van der Waals surface area contributed by atoms with Gasteiger partial charge in [0.1, 0.15) is 0 Å². The fourth-order valence-electron chi connectivity index (χ4n) is 5.68. The average molecular weight is 838 g/mol. The number of carboxylic acids is 3. The minimum absolute atomic E-state index is 1.32. The van der Waals surface area contributed by atoms with Gasteiger partial charge in [0.25, 0.3) is 34.0 Å². The topological polar surface area (TPSA) is 173 Å². The molecule has 0 saturated heterocycles. The zero-order valence-corrected chi connectivity index (χ0v) is 23.8. The van der Waals surface area contributed by atoms with E-state index in [0.717, 1.165) is 0 Å². The van der Waals surface area contributed by atoms with Crippen LogP contribution < -0.4 is 0 Å². The van der Waals surface area contributed by atoms with E-state index in [1.807, 2.05) is 0 Å². The lowest BCUT2D eigenvalue weighted by Gasteiger charge is -2.79. The molecule has 4 saturated carbocycles.